The molecule has 0 radical (unpaired) electrons. The van der Waals surface area contributed by atoms with Gasteiger partial charge < -0.3 is 10.1 Å². The number of aryl methyl sites for hydroxylation is 1. The fraction of sp³-hybridized carbons (Fsp3) is 0.300. The number of amides is 1. The Morgan fingerprint density at radius 3 is 2.25 bits per heavy atom. The van der Waals surface area contributed by atoms with Crippen LogP contribution in [0.5, 0.6) is 0 Å². The third-order valence-corrected chi connectivity index (χ3v) is 3.82. The summed E-state index contributed by atoms with van der Waals surface area (Å²) in [6, 6.07) is 16.1. The Morgan fingerprint density at radius 2 is 1.62 bits per heavy atom. The van der Waals surface area contributed by atoms with Crippen molar-refractivity contribution in [1.29, 1.82) is 0 Å². The summed E-state index contributed by atoms with van der Waals surface area (Å²) in [4.78, 5) is 24.8. The van der Waals surface area contributed by atoms with Crippen LogP contribution in [0.2, 0.25) is 0 Å². The second-order valence-corrected chi connectivity index (χ2v) is 6.10. The van der Waals surface area contributed by atoms with Gasteiger partial charge in [0.2, 0.25) is 0 Å². The van der Waals surface area contributed by atoms with Crippen molar-refractivity contribution >= 4 is 11.9 Å². The fourth-order valence-electron chi connectivity index (χ4n) is 2.36. The normalized spacial score (nSPS) is 11.8. The van der Waals surface area contributed by atoms with Crippen LogP contribution < -0.4 is 5.32 Å². The lowest BCUT2D eigenvalue weighted by atomic mass is 10.0. The molecule has 0 aliphatic heterocycles. The maximum absolute atomic E-state index is 12.4. The predicted molar refractivity (Wildman–Crippen MR) is 93.5 cm³/mol. The molecule has 0 spiro atoms. The summed E-state index contributed by atoms with van der Waals surface area (Å²) in [7, 11) is 0. The zero-order valence-electron chi connectivity index (χ0n) is 14.3. The van der Waals surface area contributed by atoms with Crippen molar-refractivity contribution < 1.29 is 14.3 Å². The second-order valence-electron chi connectivity index (χ2n) is 6.10. The van der Waals surface area contributed by atoms with Crippen LogP contribution >= 0.6 is 0 Å². The van der Waals surface area contributed by atoms with Crippen LogP contribution in [0.25, 0.3) is 0 Å². The SMILES string of the molecule is Cc1ccccc1C(=O)N[C@H](C(=O)OCc1ccccc1)C(C)C. The standard InChI is InChI=1S/C20H23NO3/c1-14(2)18(20(23)24-13-16-10-5-4-6-11-16)21-19(22)17-12-8-7-9-15(17)3/h4-12,14,18H,13H2,1-3H3,(H,21,22)/t18-/m0/s1. The molecule has 1 atom stereocenters. The van der Waals surface area contributed by atoms with Crippen molar-refractivity contribution in [2.24, 2.45) is 5.92 Å². The van der Waals surface area contributed by atoms with Crippen LogP contribution in [0.3, 0.4) is 0 Å². The van der Waals surface area contributed by atoms with Gasteiger partial charge in [-0.2, -0.15) is 0 Å². The van der Waals surface area contributed by atoms with Crippen LogP contribution in [-0.4, -0.2) is 17.9 Å². The van der Waals surface area contributed by atoms with Crippen molar-refractivity contribution in [2.45, 2.75) is 33.4 Å². The monoisotopic (exact) mass is 325 g/mol. The summed E-state index contributed by atoms with van der Waals surface area (Å²) in [5.41, 5.74) is 2.35. The molecule has 4 heteroatoms. The molecule has 0 aliphatic carbocycles. The zero-order valence-corrected chi connectivity index (χ0v) is 14.3. The molecule has 0 saturated carbocycles. The van der Waals surface area contributed by atoms with Crippen LogP contribution in [-0.2, 0) is 16.1 Å². The average molecular weight is 325 g/mol. The Hall–Kier alpha value is -2.62. The molecule has 0 aromatic heterocycles. The molecule has 0 fully saturated rings. The van der Waals surface area contributed by atoms with Gasteiger partial charge in [-0.3, -0.25) is 4.79 Å². The molecule has 0 unspecified atom stereocenters. The van der Waals surface area contributed by atoms with E-state index >= 15 is 0 Å². The largest absolute Gasteiger partial charge is 0.459 e. The van der Waals surface area contributed by atoms with E-state index in [1.165, 1.54) is 0 Å². The third kappa shape index (κ3) is 4.69. The summed E-state index contributed by atoms with van der Waals surface area (Å²) in [5, 5.41) is 2.80. The first kappa shape index (κ1) is 17.7. The van der Waals surface area contributed by atoms with E-state index in [-0.39, 0.29) is 18.4 Å². The molecule has 0 aliphatic rings. The first-order valence-electron chi connectivity index (χ1n) is 8.06. The lowest BCUT2D eigenvalue weighted by molar-refractivity contribution is -0.148. The molecule has 2 aromatic carbocycles. The quantitative estimate of drug-likeness (QED) is 0.827. The van der Waals surface area contributed by atoms with Gasteiger partial charge in [0.15, 0.2) is 0 Å². The highest BCUT2D eigenvalue weighted by Gasteiger charge is 2.26. The molecule has 0 saturated heterocycles. The van der Waals surface area contributed by atoms with E-state index in [9.17, 15) is 9.59 Å². The molecule has 24 heavy (non-hydrogen) atoms. The minimum atomic E-state index is -0.680. The van der Waals surface area contributed by atoms with Crippen LogP contribution in [0.1, 0.15) is 35.3 Å². The number of rotatable bonds is 6. The molecular weight excluding hydrogens is 302 g/mol. The minimum absolute atomic E-state index is 0.0683. The second kappa shape index (κ2) is 8.29. The molecule has 1 N–H and O–H groups in total. The topological polar surface area (TPSA) is 55.4 Å². The number of carbonyl (C=O) groups is 2. The third-order valence-electron chi connectivity index (χ3n) is 3.82. The van der Waals surface area contributed by atoms with E-state index in [0.29, 0.717) is 5.56 Å². The average Bonchev–Trinajstić information content (AvgIpc) is 2.58. The molecule has 2 rings (SSSR count). The summed E-state index contributed by atoms with van der Waals surface area (Å²) in [6.07, 6.45) is 0. The van der Waals surface area contributed by atoms with Crippen LogP contribution in [0.15, 0.2) is 54.6 Å². The Balaban J connectivity index is 2.02. The van der Waals surface area contributed by atoms with Gasteiger partial charge in [-0.25, -0.2) is 4.79 Å². The predicted octanol–water partition coefficient (Wildman–Crippen LogP) is 3.49. The Morgan fingerprint density at radius 1 is 1.00 bits per heavy atom. The van der Waals surface area contributed by atoms with Crippen molar-refractivity contribution in [2.75, 3.05) is 0 Å². The van der Waals surface area contributed by atoms with Gasteiger partial charge in [0.1, 0.15) is 12.6 Å². The molecule has 2 aromatic rings. The van der Waals surface area contributed by atoms with Gasteiger partial charge in [0.25, 0.3) is 5.91 Å². The van der Waals surface area contributed by atoms with E-state index < -0.39 is 12.0 Å². The van der Waals surface area contributed by atoms with Crippen molar-refractivity contribution in [3.63, 3.8) is 0 Å². The molecule has 0 bridgehead atoms. The van der Waals surface area contributed by atoms with Gasteiger partial charge in [-0.1, -0.05) is 62.4 Å². The first-order valence-corrected chi connectivity index (χ1v) is 8.06. The zero-order chi connectivity index (χ0) is 17.5. The highest BCUT2D eigenvalue weighted by atomic mass is 16.5. The number of nitrogens with one attached hydrogen (secondary N) is 1. The van der Waals surface area contributed by atoms with Crippen LogP contribution in [0.4, 0.5) is 0 Å². The summed E-state index contributed by atoms with van der Waals surface area (Å²) >= 11 is 0. The maximum atomic E-state index is 12.4. The number of carbonyl (C=O) groups excluding carboxylic acids is 2. The van der Waals surface area contributed by atoms with Gasteiger partial charge in [-0.15, -0.1) is 0 Å². The lowest BCUT2D eigenvalue weighted by Gasteiger charge is -2.21. The van der Waals surface area contributed by atoms with Gasteiger partial charge in [-0.05, 0) is 30.0 Å². The lowest BCUT2D eigenvalue weighted by Crippen LogP contribution is -2.45. The van der Waals surface area contributed by atoms with E-state index in [1.807, 2.05) is 63.2 Å². The highest BCUT2D eigenvalue weighted by molar-refractivity contribution is 5.98. The minimum Gasteiger partial charge on any atom is -0.459 e. The van der Waals surface area contributed by atoms with E-state index in [0.717, 1.165) is 11.1 Å². The summed E-state index contributed by atoms with van der Waals surface area (Å²) in [6.45, 7) is 5.83. The number of esters is 1. The van der Waals surface area contributed by atoms with E-state index in [1.54, 1.807) is 12.1 Å². The van der Waals surface area contributed by atoms with Crippen molar-refractivity contribution in [3.8, 4) is 0 Å². The van der Waals surface area contributed by atoms with Gasteiger partial charge in [0, 0.05) is 5.56 Å². The number of ether oxygens (including phenoxy) is 1. The summed E-state index contributed by atoms with van der Waals surface area (Å²) in [5.74, 6) is -0.750. The van der Waals surface area contributed by atoms with Crippen molar-refractivity contribution in [1.82, 2.24) is 5.32 Å². The fourth-order valence-corrected chi connectivity index (χ4v) is 2.36. The molecule has 4 nitrogen and oxygen atoms in total. The smallest absolute Gasteiger partial charge is 0.329 e. The Labute approximate surface area is 142 Å². The van der Waals surface area contributed by atoms with E-state index in [2.05, 4.69) is 5.32 Å². The van der Waals surface area contributed by atoms with E-state index in [4.69, 9.17) is 4.74 Å². The Kier molecular flexibility index (Phi) is 6.13. The molecule has 0 heterocycles. The number of hydrogen-bond donors (Lipinski definition) is 1. The highest BCUT2D eigenvalue weighted by Crippen LogP contribution is 2.11. The van der Waals surface area contributed by atoms with Crippen LogP contribution in [0, 0.1) is 12.8 Å². The van der Waals surface area contributed by atoms with Crippen molar-refractivity contribution in [3.05, 3.63) is 71.3 Å². The maximum Gasteiger partial charge on any atom is 0.329 e. The Bertz CT molecular complexity index is 695. The first-order chi connectivity index (χ1) is 11.5. The number of benzene rings is 2. The molecule has 1 amide bonds. The number of hydrogen-bond acceptors (Lipinski definition) is 3. The molecule has 126 valence electrons. The summed E-state index contributed by atoms with van der Waals surface area (Å²) < 4.78 is 5.36. The molecular formula is C20H23NO3. The van der Waals surface area contributed by atoms with Gasteiger partial charge >= 0.3 is 5.97 Å². The van der Waals surface area contributed by atoms with Gasteiger partial charge in [0.05, 0.1) is 0 Å².